The predicted molar refractivity (Wildman–Crippen MR) is 68.5 cm³/mol. The average molecular weight is 250 g/mol. The molecule has 5 nitrogen and oxygen atoms in total. The van der Waals surface area contributed by atoms with Crippen molar-refractivity contribution >= 4 is 5.91 Å². The van der Waals surface area contributed by atoms with Crippen LogP contribution in [0, 0.1) is 17.2 Å². The van der Waals surface area contributed by atoms with Crippen LogP contribution in [0.1, 0.15) is 32.1 Å². The molecule has 3 N–H and O–H groups in total. The molecule has 2 aliphatic rings. The van der Waals surface area contributed by atoms with Crippen LogP contribution in [0.5, 0.6) is 0 Å². The maximum Gasteiger partial charge on any atom is 0.225 e. The maximum atomic E-state index is 12.1. The molecule has 2 saturated heterocycles. The molecule has 0 aromatic carbocycles. The van der Waals surface area contributed by atoms with Crippen molar-refractivity contribution in [3.8, 4) is 6.07 Å². The van der Waals surface area contributed by atoms with Crippen LogP contribution >= 0.6 is 0 Å². The van der Waals surface area contributed by atoms with Gasteiger partial charge in [0.25, 0.3) is 0 Å². The zero-order valence-electron chi connectivity index (χ0n) is 10.8. The number of rotatable bonds is 3. The van der Waals surface area contributed by atoms with Crippen molar-refractivity contribution in [3.05, 3.63) is 0 Å². The van der Waals surface area contributed by atoms with Gasteiger partial charge < -0.3 is 16.0 Å². The Balaban J connectivity index is 1.84. The first-order valence-electron chi connectivity index (χ1n) is 6.87. The number of nitrogens with two attached hydrogens (primary N) is 1. The molecule has 0 saturated carbocycles. The number of carbonyl (C=O) groups is 1. The summed E-state index contributed by atoms with van der Waals surface area (Å²) in [6, 6.07) is 1.92. The molecule has 2 rings (SSSR count). The molecule has 0 aliphatic carbocycles. The van der Waals surface area contributed by atoms with E-state index in [1.165, 1.54) is 0 Å². The Labute approximate surface area is 108 Å². The molecule has 5 heteroatoms. The SMILES string of the molecule is N#CC1CCCN1C(=O)CC(N)C1CCNCC1. The minimum Gasteiger partial charge on any atom is -0.327 e. The van der Waals surface area contributed by atoms with E-state index in [0.717, 1.165) is 45.3 Å². The Bertz CT molecular complexity index is 332. The summed E-state index contributed by atoms with van der Waals surface area (Å²) in [5.41, 5.74) is 6.15. The Morgan fingerprint density at radius 1 is 1.44 bits per heavy atom. The largest absolute Gasteiger partial charge is 0.327 e. The molecule has 1 amide bonds. The lowest BCUT2D eigenvalue weighted by Crippen LogP contribution is -2.43. The van der Waals surface area contributed by atoms with Crippen LogP contribution in [0.25, 0.3) is 0 Å². The van der Waals surface area contributed by atoms with Crippen LogP contribution in [-0.4, -0.2) is 42.5 Å². The minimum atomic E-state index is -0.224. The summed E-state index contributed by atoms with van der Waals surface area (Å²) in [6.07, 6.45) is 4.24. The number of piperidine rings is 1. The van der Waals surface area contributed by atoms with Crippen molar-refractivity contribution in [2.45, 2.75) is 44.2 Å². The fraction of sp³-hybridized carbons (Fsp3) is 0.846. The van der Waals surface area contributed by atoms with E-state index >= 15 is 0 Å². The van der Waals surface area contributed by atoms with Crippen molar-refractivity contribution in [1.82, 2.24) is 10.2 Å². The van der Waals surface area contributed by atoms with Gasteiger partial charge in [-0.3, -0.25) is 4.79 Å². The Morgan fingerprint density at radius 3 is 2.83 bits per heavy atom. The smallest absolute Gasteiger partial charge is 0.225 e. The van der Waals surface area contributed by atoms with Gasteiger partial charge in [0.05, 0.1) is 6.07 Å². The second kappa shape index (κ2) is 6.17. The molecule has 0 aromatic rings. The van der Waals surface area contributed by atoms with Gasteiger partial charge in [-0.25, -0.2) is 0 Å². The first-order chi connectivity index (χ1) is 8.72. The lowest BCUT2D eigenvalue weighted by atomic mass is 9.88. The van der Waals surface area contributed by atoms with Crippen molar-refractivity contribution in [2.24, 2.45) is 11.7 Å². The zero-order valence-corrected chi connectivity index (χ0v) is 10.8. The summed E-state index contributed by atoms with van der Waals surface area (Å²) in [7, 11) is 0. The van der Waals surface area contributed by atoms with Crippen LogP contribution in [0.2, 0.25) is 0 Å². The fourth-order valence-electron chi connectivity index (χ4n) is 2.96. The molecule has 2 unspecified atom stereocenters. The highest BCUT2D eigenvalue weighted by Crippen LogP contribution is 2.21. The second-order valence-electron chi connectivity index (χ2n) is 5.33. The number of nitrogens with one attached hydrogen (secondary N) is 1. The molecule has 18 heavy (non-hydrogen) atoms. The van der Waals surface area contributed by atoms with E-state index in [2.05, 4.69) is 11.4 Å². The van der Waals surface area contributed by atoms with Gasteiger partial charge in [-0.05, 0) is 44.7 Å². The highest BCUT2D eigenvalue weighted by atomic mass is 16.2. The second-order valence-corrected chi connectivity index (χ2v) is 5.33. The van der Waals surface area contributed by atoms with Crippen molar-refractivity contribution in [2.75, 3.05) is 19.6 Å². The lowest BCUT2D eigenvalue weighted by molar-refractivity contribution is -0.131. The third kappa shape index (κ3) is 3.01. The van der Waals surface area contributed by atoms with Gasteiger partial charge >= 0.3 is 0 Å². The highest BCUT2D eigenvalue weighted by Gasteiger charge is 2.31. The van der Waals surface area contributed by atoms with Gasteiger partial charge in [-0.1, -0.05) is 0 Å². The first-order valence-corrected chi connectivity index (χ1v) is 6.87. The molecule has 0 radical (unpaired) electrons. The third-order valence-electron chi connectivity index (χ3n) is 4.12. The summed E-state index contributed by atoms with van der Waals surface area (Å²) in [6.45, 7) is 2.71. The highest BCUT2D eigenvalue weighted by molar-refractivity contribution is 5.77. The number of amides is 1. The third-order valence-corrected chi connectivity index (χ3v) is 4.12. The van der Waals surface area contributed by atoms with Crippen molar-refractivity contribution in [3.63, 3.8) is 0 Å². The number of nitriles is 1. The molecule has 2 atom stereocenters. The van der Waals surface area contributed by atoms with E-state index in [1.807, 2.05) is 0 Å². The number of nitrogens with zero attached hydrogens (tertiary/aromatic N) is 2. The molecule has 2 heterocycles. The van der Waals surface area contributed by atoms with E-state index in [1.54, 1.807) is 4.90 Å². The molecule has 2 aliphatic heterocycles. The molecular weight excluding hydrogens is 228 g/mol. The van der Waals surface area contributed by atoms with Crippen LogP contribution in [0.3, 0.4) is 0 Å². The Hall–Kier alpha value is -1.12. The average Bonchev–Trinajstić information content (AvgIpc) is 2.88. The van der Waals surface area contributed by atoms with Crippen LogP contribution in [0.4, 0.5) is 0 Å². The van der Waals surface area contributed by atoms with Gasteiger partial charge in [0, 0.05) is 19.0 Å². The summed E-state index contributed by atoms with van der Waals surface area (Å²) in [4.78, 5) is 13.9. The van der Waals surface area contributed by atoms with E-state index < -0.39 is 0 Å². The standard InChI is InChI=1S/C13H22N4O/c14-9-11-2-1-7-17(11)13(18)8-12(15)10-3-5-16-6-4-10/h10-12,16H,1-8,15H2. The summed E-state index contributed by atoms with van der Waals surface area (Å²) in [5, 5.41) is 12.3. The van der Waals surface area contributed by atoms with E-state index in [-0.39, 0.29) is 18.0 Å². The zero-order chi connectivity index (χ0) is 13.0. The van der Waals surface area contributed by atoms with E-state index in [4.69, 9.17) is 11.0 Å². The molecule has 100 valence electrons. The minimum absolute atomic E-state index is 0.0560. The van der Waals surface area contributed by atoms with Crippen molar-refractivity contribution < 1.29 is 4.79 Å². The number of carbonyl (C=O) groups excluding carboxylic acids is 1. The number of hydrogen-bond acceptors (Lipinski definition) is 4. The van der Waals surface area contributed by atoms with Gasteiger partial charge in [0.15, 0.2) is 0 Å². The van der Waals surface area contributed by atoms with Crippen LogP contribution < -0.4 is 11.1 Å². The molecule has 0 spiro atoms. The summed E-state index contributed by atoms with van der Waals surface area (Å²) < 4.78 is 0. The summed E-state index contributed by atoms with van der Waals surface area (Å²) in [5.74, 6) is 0.503. The van der Waals surface area contributed by atoms with E-state index in [9.17, 15) is 4.79 Å². The fourth-order valence-corrected chi connectivity index (χ4v) is 2.96. The number of hydrogen-bond donors (Lipinski definition) is 2. The molecule has 2 fully saturated rings. The maximum absolute atomic E-state index is 12.1. The molecular formula is C13H22N4O. The topological polar surface area (TPSA) is 82.2 Å². The molecule has 0 aromatic heterocycles. The van der Waals surface area contributed by atoms with Gasteiger partial charge in [-0.15, -0.1) is 0 Å². The Kier molecular flexibility index (Phi) is 4.56. The van der Waals surface area contributed by atoms with Crippen molar-refractivity contribution in [1.29, 1.82) is 5.26 Å². The van der Waals surface area contributed by atoms with Gasteiger partial charge in [0.2, 0.25) is 5.91 Å². The van der Waals surface area contributed by atoms with E-state index in [0.29, 0.717) is 12.3 Å². The lowest BCUT2D eigenvalue weighted by Gasteiger charge is -2.29. The van der Waals surface area contributed by atoms with Crippen LogP contribution in [-0.2, 0) is 4.79 Å². The summed E-state index contributed by atoms with van der Waals surface area (Å²) >= 11 is 0. The quantitative estimate of drug-likeness (QED) is 0.750. The normalized spacial score (nSPS) is 26.9. The van der Waals surface area contributed by atoms with Gasteiger partial charge in [-0.2, -0.15) is 5.26 Å². The number of likely N-dealkylation sites (tertiary alicyclic amines) is 1. The first kappa shape index (κ1) is 13.3. The van der Waals surface area contributed by atoms with Gasteiger partial charge in [0.1, 0.15) is 6.04 Å². The Morgan fingerprint density at radius 2 is 2.17 bits per heavy atom. The van der Waals surface area contributed by atoms with Crippen LogP contribution in [0.15, 0.2) is 0 Å². The predicted octanol–water partition coefficient (Wildman–Crippen LogP) is 0.218. The monoisotopic (exact) mass is 250 g/mol. The molecule has 0 bridgehead atoms.